The Morgan fingerprint density at radius 2 is 2.39 bits per heavy atom. The van der Waals surface area contributed by atoms with Crippen molar-refractivity contribution in [3.8, 4) is 0 Å². The molecule has 96 valence electrons. The van der Waals surface area contributed by atoms with Crippen molar-refractivity contribution >= 4 is 33.2 Å². The predicted octanol–water partition coefficient (Wildman–Crippen LogP) is 4.40. The molecule has 1 aromatic heterocycles. The number of hydrogen-bond donors (Lipinski definition) is 1. The third-order valence-electron chi connectivity index (χ3n) is 3.75. The summed E-state index contributed by atoms with van der Waals surface area (Å²) in [7, 11) is 0. The Bertz CT molecular complexity index is 552. The van der Waals surface area contributed by atoms with Gasteiger partial charge in [0.2, 0.25) is 0 Å². The molecule has 1 aromatic carbocycles. The molecule has 4 heteroatoms. The number of thiazole rings is 1. The highest BCUT2D eigenvalue weighted by molar-refractivity contribution is 7.18. The molecule has 0 spiro atoms. The van der Waals surface area contributed by atoms with Crippen LogP contribution in [-0.2, 0) is 0 Å². The first-order chi connectivity index (χ1) is 8.76. The number of aromatic nitrogens is 1. The molecule has 3 rings (SSSR count). The summed E-state index contributed by atoms with van der Waals surface area (Å²) in [5.74, 6) is 0.840. The van der Waals surface area contributed by atoms with Gasteiger partial charge in [-0.05, 0) is 43.5 Å². The minimum absolute atomic E-state index is 0.430. The van der Waals surface area contributed by atoms with Crippen molar-refractivity contribution in [3.05, 3.63) is 28.2 Å². The van der Waals surface area contributed by atoms with Gasteiger partial charge in [0.05, 0.1) is 16.3 Å². The van der Waals surface area contributed by atoms with Crippen LogP contribution in [0.1, 0.15) is 37.2 Å². The zero-order chi connectivity index (χ0) is 12.5. The van der Waals surface area contributed by atoms with Gasteiger partial charge in [0, 0.05) is 5.02 Å². The van der Waals surface area contributed by atoms with Crippen LogP contribution in [0.2, 0.25) is 5.02 Å². The van der Waals surface area contributed by atoms with E-state index in [4.69, 9.17) is 16.6 Å². The maximum atomic E-state index is 6.02. The fraction of sp³-hybridized carbons (Fsp3) is 0.500. The average molecular weight is 281 g/mol. The first-order valence-electron chi connectivity index (χ1n) is 6.55. The van der Waals surface area contributed by atoms with Crippen LogP contribution in [0.15, 0.2) is 18.2 Å². The second-order valence-electron chi connectivity index (χ2n) is 4.97. The van der Waals surface area contributed by atoms with Crippen molar-refractivity contribution in [2.45, 2.75) is 32.2 Å². The molecule has 0 amide bonds. The Hall–Kier alpha value is -0.640. The molecule has 0 bridgehead atoms. The summed E-state index contributed by atoms with van der Waals surface area (Å²) in [5.41, 5.74) is 1.07. The lowest BCUT2D eigenvalue weighted by Crippen LogP contribution is -2.31. The van der Waals surface area contributed by atoms with E-state index in [9.17, 15) is 0 Å². The monoisotopic (exact) mass is 280 g/mol. The summed E-state index contributed by atoms with van der Waals surface area (Å²) in [5, 5.41) is 5.60. The molecule has 2 nitrogen and oxygen atoms in total. The Morgan fingerprint density at radius 1 is 1.50 bits per heavy atom. The Balaban J connectivity index is 1.89. The summed E-state index contributed by atoms with van der Waals surface area (Å²) in [4.78, 5) is 4.74. The molecule has 2 unspecified atom stereocenters. The largest absolute Gasteiger partial charge is 0.308 e. The van der Waals surface area contributed by atoms with Crippen molar-refractivity contribution in [3.63, 3.8) is 0 Å². The lowest BCUT2D eigenvalue weighted by atomic mass is 9.91. The molecule has 1 N–H and O–H groups in total. The Morgan fingerprint density at radius 3 is 3.22 bits per heavy atom. The molecule has 2 aromatic rings. The van der Waals surface area contributed by atoms with E-state index in [0.29, 0.717) is 6.04 Å². The van der Waals surface area contributed by atoms with Crippen LogP contribution in [0.25, 0.3) is 10.2 Å². The number of benzene rings is 1. The van der Waals surface area contributed by atoms with Crippen LogP contribution >= 0.6 is 22.9 Å². The van der Waals surface area contributed by atoms with Crippen molar-refractivity contribution in [1.82, 2.24) is 10.3 Å². The molecule has 1 saturated heterocycles. The summed E-state index contributed by atoms with van der Waals surface area (Å²) in [6.45, 7) is 3.39. The maximum Gasteiger partial charge on any atom is 0.111 e. The molecular formula is C14H17ClN2S. The van der Waals surface area contributed by atoms with Gasteiger partial charge in [0.25, 0.3) is 0 Å². The van der Waals surface area contributed by atoms with Gasteiger partial charge in [-0.3, -0.25) is 0 Å². The van der Waals surface area contributed by atoms with Crippen molar-refractivity contribution in [1.29, 1.82) is 0 Å². The lowest BCUT2D eigenvalue weighted by molar-refractivity contribution is 0.299. The van der Waals surface area contributed by atoms with Gasteiger partial charge in [0.1, 0.15) is 5.01 Å². The van der Waals surface area contributed by atoms with E-state index < -0.39 is 0 Å². The number of hydrogen-bond acceptors (Lipinski definition) is 3. The van der Waals surface area contributed by atoms with Crippen LogP contribution in [0.3, 0.4) is 0 Å². The average Bonchev–Trinajstić information content (AvgIpc) is 2.81. The molecule has 0 saturated carbocycles. The molecule has 0 aliphatic carbocycles. The topological polar surface area (TPSA) is 24.9 Å². The van der Waals surface area contributed by atoms with Gasteiger partial charge in [-0.25, -0.2) is 4.98 Å². The fourth-order valence-electron chi connectivity index (χ4n) is 2.62. The third-order valence-corrected chi connectivity index (χ3v) is 5.12. The standard InChI is InChI=1S/C14H17ClN2S/c1-2-9-5-6-16-12(7-9)14-17-11-4-3-10(15)8-13(11)18-14/h3-4,8-9,12,16H,2,5-7H2,1H3. The van der Waals surface area contributed by atoms with E-state index in [1.54, 1.807) is 11.3 Å². The number of nitrogens with zero attached hydrogens (tertiary/aromatic N) is 1. The predicted molar refractivity (Wildman–Crippen MR) is 78.4 cm³/mol. The van der Waals surface area contributed by atoms with E-state index in [1.807, 2.05) is 18.2 Å². The number of halogens is 1. The summed E-state index contributed by atoms with van der Waals surface area (Å²) in [6.07, 6.45) is 3.78. The molecule has 1 aliphatic heterocycles. The molecule has 2 heterocycles. The van der Waals surface area contributed by atoms with Crippen LogP contribution in [0.5, 0.6) is 0 Å². The zero-order valence-electron chi connectivity index (χ0n) is 10.4. The molecular weight excluding hydrogens is 264 g/mol. The second-order valence-corrected chi connectivity index (χ2v) is 6.47. The Kier molecular flexibility index (Phi) is 3.55. The minimum atomic E-state index is 0.430. The van der Waals surface area contributed by atoms with Crippen LogP contribution < -0.4 is 5.32 Å². The second kappa shape index (κ2) is 5.16. The van der Waals surface area contributed by atoms with Crippen molar-refractivity contribution in [2.75, 3.05) is 6.54 Å². The van der Waals surface area contributed by atoms with E-state index in [2.05, 4.69) is 12.2 Å². The number of piperidine rings is 1. The van der Waals surface area contributed by atoms with Crippen LogP contribution in [-0.4, -0.2) is 11.5 Å². The summed E-state index contributed by atoms with van der Waals surface area (Å²) >= 11 is 7.80. The van der Waals surface area contributed by atoms with Crippen molar-refractivity contribution < 1.29 is 0 Å². The van der Waals surface area contributed by atoms with Crippen molar-refractivity contribution in [2.24, 2.45) is 5.92 Å². The molecule has 1 aliphatic rings. The smallest absolute Gasteiger partial charge is 0.111 e. The highest BCUT2D eigenvalue weighted by Crippen LogP contribution is 2.34. The molecule has 1 fully saturated rings. The summed E-state index contributed by atoms with van der Waals surface area (Å²) < 4.78 is 1.19. The maximum absolute atomic E-state index is 6.02. The molecule has 2 atom stereocenters. The highest BCUT2D eigenvalue weighted by Gasteiger charge is 2.24. The first kappa shape index (κ1) is 12.4. The van der Waals surface area contributed by atoms with Gasteiger partial charge < -0.3 is 5.32 Å². The van der Waals surface area contributed by atoms with E-state index in [0.717, 1.165) is 23.0 Å². The van der Waals surface area contributed by atoms with Gasteiger partial charge in [-0.15, -0.1) is 11.3 Å². The van der Waals surface area contributed by atoms with E-state index >= 15 is 0 Å². The normalized spacial score (nSPS) is 24.6. The SMILES string of the molecule is CCC1CCNC(c2nc3ccc(Cl)cc3s2)C1. The summed E-state index contributed by atoms with van der Waals surface area (Å²) in [6, 6.07) is 6.37. The van der Waals surface area contributed by atoms with Crippen LogP contribution in [0, 0.1) is 5.92 Å². The Labute approximate surface area is 116 Å². The first-order valence-corrected chi connectivity index (χ1v) is 7.75. The molecule has 18 heavy (non-hydrogen) atoms. The van der Waals surface area contributed by atoms with Gasteiger partial charge in [-0.2, -0.15) is 0 Å². The van der Waals surface area contributed by atoms with E-state index in [1.165, 1.54) is 29.0 Å². The molecule has 0 radical (unpaired) electrons. The number of rotatable bonds is 2. The zero-order valence-corrected chi connectivity index (χ0v) is 12.0. The number of fused-ring (bicyclic) bond motifs is 1. The van der Waals surface area contributed by atoms with Gasteiger partial charge in [0.15, 0.2) is 0 Å². The lowest BCUT2D eigenvalue weighted by Gasteiger charge is -2.28. The van der Waals surface area contributed by atoms with Crippen LogP contribution in [0.4, 0.5) is 0 Å². The quantitative estimate of drug-likeness (QED) is 0.882. The van der Waals surface area contributed by atoms with Gasteiger partial charge >= 0.3 is 0 Å². The fourth-order valence-corrected chi connectivity index (χ4v) is 3.95. The highest BCUT2D eigenvalue weighted by atomic mass is 35.5. The van der Waals surface area contributed by atoms with Gasteiger partial charge in [-0.1, -0.05) is 24.9 Å². The number of nitrogens with one attached hydrogen (secondary N) is 1. The minimum Gasteiger partial charge on any atom is -0.308 e. The van der Waals surface area contributed by atoms with E-state index in [-0.39, 0.29) is 0 Å². The third kappa shape index (κ3) is 2.40.